The van der Waals surface area contributed by atoms with Crippen molar-refractivity contribution in [3.8, 4) is 5.88 Å². The SMILES string of the molecule is CCc1c(Cl)ncnc1OC1CCN(C)CC1. The van der Waals surface area contributed by atoms with Gasteiger partial charge in [0.2, 0.25) is 5.88 Å². The van der Waals surface area contributed by atoms with Crippen LogP contribution in [-0.4, -0.2) is 41.1 Å². The monoisotopic (exact) mass is 255 g/mol. The summed E-state index contributed by atoms with van der Waals surface area (Å²) < 4.78 is 5.94. The molecule has 1 aliphatic rings. The smallest absolute Gasteiger partial charge is 0.221 e. The lowest BCUT2D eigenvalue weighted by atomic mass is 10.1. The zero-order valence-corrected chi connectivity index (χ0v) is 11.1. The molecule has 0 spiro atoms. The van der Waals surface area contributed by atoms with Gasteiger partial charge >= 0.3 is 0 Å². The van der Waals surface area contributed by atoms with Gasteiger partial charge in [-0.25, -0.2) is 9.97 Å². The molecular formula is C12H18ClN3O. The molecule has 94 valence electrons. The van der Waals surface area contributed by atoms with E-state index >= 15 is 0 Å². The highest BCUT2D eigenvalue weighted by Crippen LogP contribution is 2.25. The first-order chi connectivity index (χ1) is 8.20. The minimum atomic E-state index is 0.252. The summed E-state index contributed by atoms with van der Waals surface area (Å²) in [5, 5.41) is 0.505. The van der Waals surface area contributed by atoms with Gasteiger partial charge in [0.05, 0.1) is 5.56 Å². The Hall–Kier alpha value is -0.870. The number of halogens is 1. The average Bonchev–Trinajstić information content (AvgIpc) is 2.32. The summed E-state index contributed by atoms with van der Waals surface area (Å²) >= 11 is 6.03. The van der Waals surface area contributed by atoms with E-state index in [9.17, 15) is 0 Å². The van der Waals surface area contributed by atoms with Crippen molar-refractivity contribution in [2.75, 3.05) is 20.1 Å². The molecule has 1 aliphatic heterocycles. The van der Waals surface area contributed by atoms with E-state index in [1.54, 1.807) is 0 Å². The van der Waals surface area contributed by atoms with Crippen LogP contribution >= 0.6 is 11.6 Å². The molecular weight excluding hydrogens is 238 g/mol. The van der Waals surface area contributed by atoms with Crippen LogP contribution < -0.4 is 4.74 Å². The molecule has 1 aromatic heterocycles. The largest absolute Gasteiger partial charge is 0.474 e. The Balaban J connectivity index is 2.05. The van der Waals surface area contributed by atoms with E-state index in [4.69, 9.17) is 16.3 Å². The predicted molar refractivity (Wildman–Crippen MR) is 67.6 cm³/mol. The van der Waals surface area contributed by atoms with Crippen molar-refractivity contribution in [2.45, 2.75) is 32.3 Å². The third-order valence-electron chi connectivity index (χ3n) is 3.15. The number of hydrogen-bond donors (Lipinski definition) is 0. The first-order valence-corrected chi connectivity index (χ1v) is 6.43. The zero-order chi connectivity index (χ0) is 12.3. The Kier molecular flexibility index (Phi) is 4.18. The van der Waals surface area contributed by atoms with E-state index < -0.39 is 0 Å². The summed E-state index contributed by atoms with van der Waals surface area (Å²) in [6.45, 7) is 4.18. The Morgan fingerprint density at radius 2 is 2.12 bits per heavy atom. The molecule has 5 heteroatoms. The minimum Gasteiger partial charge on any atom is -0.474 e. The molecule has 0 radical (unpaired) electrons. The number of rotatable bonds is 3. The number of piperidine rings is 1. The summed E-state index contributed by atoms with van der Waals surface area (Å²) in [6.07, 6.45) is 4.60. The molecule has 0 saturated carbocycles. The highest BCUT2D eigenvalue weighted by Gasteiger charge is 2.20. The van der Waals surface area contributed by atoms with Gasteiger partial charge in [0.1, 0.15) is 17.6 Å². The van der Waals surface area contributed by atoms with Gasteiger partial charge in [-0.15, -0.1) is 0 Å². The van der Waals surface area contributed by atoms with E-state index in [1.807, 2.05) is 6.92 Å². The molecule has 1 fully saturated rings. The summed E-state index contributed by atoms with van der Waals surface area (Å²) in [7, 11) is 2.13. The average molecular weight is 256 g/mol. The molecule has 0 aliphatic carbocycles. The number of hydrogen-bond acceptors (Lipinski definition) is 4. The van der Waals surface area contributed by atoms with Gasteiger partial charge in [0, 0.05) is 13.1 Å². The van der Waals surface area contributed by atoms with Crippen LogP contribution in [0.15, 0.2) is 6.33 Å². The van der Waals surface area contributed by atoms with Crippen LogP contribution in [0.1, 0.15) is 25.3 Å². The number of nitrogens with zero attached hydrogens (tertiary/aromatic N) is 3. The fourth-order valence-corrected chi connectivity index (χ4v) is 2.29. The molecule has 0 atom stereocenters. The van der Waals surface area contributed by atoms with Crippen LogP contribution in [-0.2, 0) is 6.42 Å². The van der Waals surface area contributed by atoms with E-state index in [1.165, 1.54) is 6.33 Å². The van der Waals surface area contributed by atoms with Gasteiger partial charge < -0.3 is 9.64 Å². The first-order valence-electron chi connectivity index (χ1n) is 6.05. The van der Waals surface area contributed by atoms with Crippen LogP contribution in [0.4, 0.5) is 0 Å². The quantitative estimate of drug-likeness (QED) is 0.776. The molecule has 2 heterocycles. The van der Waals surface area contributed by atoms with Gasteiger partial charge in [-0.05, 0) is 26.3 Å². The van der Waals surface area contributed by atoms with Gasteiger partial charge in [0.25, 0.3) is 0 Å². The molecule has 4 nitrogen and oxygen atoms in total. The van der Waals surface area contributed by atoms with Crippen LogP contribution in [0, 0.1) is 0 Å². The molecule has 1 saturated heterocycles. The van der Waals surface area contributed by atoms with Crippen LogP contribution in [0.3, 0.4) is 0 Å². The van der Waals surface area contributed by atoms with Gasteiger partial charge in [-0.2, -0.15) is 0 Å². The molecule has 0 bridgehead atoms. The topological polar surface area (TPSA) is 38.3 Å². The first kappa shape index (κ1) is 12.6. The van der Waals surface area contributed by atoms with Gasteiger partial charge in [-0.3, -0.25) is 0 Å². The standard InChI is InChI=1S/C12H18ClN3O/c1-3-10-11(13)14-8-15-12(10)17-9-4-6-16(2)7-5-9/h8-9H,3-7H2,1-2H3. The summed E-state index contributed by atoms with van der Waals surface area (Å²) in [6, 6.07) is 0. The van der Waals surface area contributed by atoms with Crippen molar-refractivity contribution in [1.82, 2.24) is 14.9 Å². The summed E-state index contributed by atoms with van der Waals surface area (Å²) in [5.41, 5.74) is 0.910. The number of likely N-dealkylation sites (tertiary alicyclic amines) is 1. The highest BCUT2D eigenvalue weighted by atomic mass is 35.5. The molecule has 2 rings (SSSR count). The van der Waals surface area contributed by atoms with E-state index in [2.05, 4.69) is 21.9 Å². The molecule has 0 unspecified atom stereocenters. The van der Waals surface area contributed by atoms with Gasteiger partial charge in [-0.1, -0.05) is 18.5 Å². The second-order valence-corrected chi connectivity index (χ2v) is 4.78. The van der Waals surface area contributed by atoms with Crippen molar-refractivity contribution >= 4 is 11.6 Å². The molecule has 0 aromatic carbocycles. The van der Waals surface area contributed by atoms with Crippen molar-refractivity contribution in [3.05, 3.63) is 17.0 Å². The van der Waals surface area contributed by atoms with Crippen LogP contribution in [0.25, 0.3) is 0 Å². The fourth-order valence-electron chi connectivity index (χ4n) is 2.04. The summed E-state index contributed by atoms with van der Waals surface area (Å²) in [4.78, 5) is 10.5. The van der Waals surface area contributed by atoms with Crippen LogP contribution in [0.2, 0.25) is 5.15 Å². The third kappa shape index (κ3) is 3.07. The Bertz CT molecular complexity index is 378. The van der Waals surface area contributed by atoms with Crippen molar-refractivity contribution in [1.29, 1.82) is 0 Å². The number of aromatic nitrogens is 2. The number of ether oxygens (including phenoxy) is 1. The predicted octanol–water partition coefficient (Wildman–Crippen LogP) is 2.17. The Morgan fingerprint density at radius 1 is 1.41 bits per heavy atom. The summed E-state index contributed by atoms with van der Waals surface area (Å²) in [5.74, 6) is 0.655. The molecule has 17 heavy (non-hydrogen) atoms. The highest BCUT2D eigenvalue weighted by molar-refractivity contribution is 6.30. The van der Waals surface area contributed by atoms with Crippen LogP contribution in [0.5, 0.6) is 5.88 Å². The normalized spacial score (nSPS) is 18.3. The molecule has 1 aromatic rings. The lowest BCUT2D eigenvalue weighted by molar-refractivity contribution is 0.109. The lowest BCUT2D eigenvalue weighted by Gasteiger charge is -2.29. The molecule has 0 amide bonds. The zero-order valence-electron chi connectivity index (χ0n) is 10.3. The third-order valence-corrected chi connectivity index (χ3v) is 3.48. The van der Waals surface area contributed by atoms with E-state index in [0.717, 1.165) is 37.9 Å². The Morgan fingerprint density at radius 3 is 2.76 bits per heavy atom. The second-order valence-electron chi connectivity index (χ2n) is 4.42. The van der Waals surface area contributed by atoms with Crippen molar-refractivity contribution in [3.63, 3.8) is 0 Å². The second kappa shape index (κ2) is 5.65. The van der Waals surface area contributed by atoms with Crippen molar-refractivity contribution < 1.29 is 4.74 Å². The molecule has 0 N–H and O–H groups in total. The van der Waals surface area contributed by atoms with Crippen molar-refractivity contribution in [2.24, 2.45) is 0 Å². The Labute approximate surface area is 107 Å². The minimum absolute atomic E-state index is 0.252. The van der Waals surface area contributed by atoms with E-state index in [-0.39, 0.29) is 6.10 Å². The maximum Gasteiger partial charge on any atom is 0.221 e. The fraction of sp³-hybridized carbons (Fsp3) is 0.667. The lowest BCUT2D eigenvalue weighted by Crippen LogP contribution is -2.36. The maximum absolute atomic E-state index is 6.03. The van der Waals surface area contributed by atoms with Gasteiger partial charge in [0.15, 0.2) is 0 Å². The van der Waals surface area contributed by atoms with E-state index in [0.29, 0.717) is 11.0 Å². The maximum atomic E-state index is 6.03.